The lowest BCUT2D eigenvalue weighted by molar-refractivity contribution is 0.0732. The third-order valence-electron chi connectivity index (χ3n) is 4.73. The van der Waals surface area contributed by atoms with E-state index in [4.69, 9.17) is 16.3 Å². The molecule has 6 heteroatoms. The molecule has 1 aromatic carbocycles. The van der Waals surface area contributed by atoms with Crippen LogP contribution in [0.15, 0.2) is 48.7 Å². The van der Waals surface area contributed by atoms with E-state index in [0.717, 1.165) is 24.1 Å². The number of ether oxygens (including phenoxy) is 1. The van der Waals surface area contributed by atoms with Gasteiger partial charge in [0.05, 0.1) is 0 Å². The molecule has 1 fully saturated rings. The standard InChI is InChI=1S/C20H24ClN3O2/c1-15-13-24(20(25)26-14-16-5-3-2-4-6-16)10-9-18(15)22-11-17-7-8-19(21)23-12-17/h2-8,12,15,18,22H,9-11,13-14H2,1H3. The van der Waals surface area contributed by atoms with Gasteiger partial charge in [-0.3, -0.25) is 0 Å². The number of pyridine rings is 1. The van der Waals surface area contributed by atoms with E-state index in [2.05, 4.69) is 17.2 Å². The topological polar surface area (TPSA) is 54.5 Å². The van der Waals surface area contributed by atoms with Crippen molar-refractivity contribution in [3.8, 4) is 0 Å². The van der Waals surface area contributed by atoms with E-state index in [0.29, 0.717) is 36.8 Å². The van der Waals surface area contributed by atoms with Gasteiger partial charge in [-0.25, -0.2) is 9.78 Å². The van der Waals surface area contributed by atoms with Gasteiger partial charge in [0.25, 0.3) is 0 Å². The largest absolute Gasteiger partial charge is 0.445 e. The zero-order valence-electron chi connectivity index (χ0n) is 14.9. The zero-order chi connectivity index (χ0) is 18.4. The summed E-state index contributed by atoms with van der Waals surface area (Å²) in [6.45, 7) is 4.63. The van der Waals surface area contributed by atoms with Gasteiger partial charge in [-0.15, -0.1) is 0 Å². The van der Waals surface area contributed by atoms with E-state index in [1.165, 1.54) is 0 Å². The molecule has 0 bridgehead atoms. The van der Waals surface area contributed by atoms with Crippen LogP contribution in [0, 0.1) is 5.92 Å². The van der Waals surface area contributed by atoms with E-state index in [1.54, 1.807) is 17.2 Å². The molecule has 0 aliphatic carbocycles. The Morgan fingerprint density at radius 2 is 2.08 bits per heavy atom. The highest BCUT2D eigenvalue weighted by atomic mass is 35.5. The summed E-state index contributed by atoms with van der Waals surface area (Å²) in [6, 6.07) is 13.9. The first kappa shape index (κ1) is 18.7. The van der Waals surface area contributed by atoms with Gasteiger partial charge in [-0.2, -0.15) is 0 Å². The van der Waals surface area contributed by atoms with Crippen molar-refractivity contribution in [3.63, 3.8) is 0 Å². The Bertz CT molecular complexity index is 709. The van der Waals surface area contributed by atoms with Gasteiger partial charge in [0, 0.05) is 31.9 Å². The molecule has 5 nitrogen and oxygen atoms in total. The summed E-state index contributed by atoms with van der Waals surface area (Å²) >= 11 is 5.81. The lowest BCUT2D eigenvalue weighted by atomic mass is 9.94. The molecule has 2 atom stereocenters. The lowest BCUT2D eigenvalue weighted by Gasteiger charge is -2.36. The second-order valence-corrected chi connectivity index (χ2v) is 7.12. The fourth-order valence-electron chi connectivity index (χ4n) is 3.19. The Hall–Kier alpha value is -2.11. The molecule has 138 valence electrons. The predicted molar refractivity (Wildman–Crippen MR) is 102 cm³/mol. The number of rotatable bonds is 5. The summed E-state index contributed by atoms with van der Waals surface area (Å²) in [7, 11) is 0. The van der Waals surface area contributed by atoms with Crippen LogP contribution in [-0.2, 0) is 17.9 Å². The second kappa shape index (κ2) is 9.01. The molecular weight excluding hydrogens is 350 g/mol. The molecule has 26 heavy (non-hydrogen) atoms. The molecule has 2 aromatic rings. The highest BCUT2D eigenvalue weighted by molar-refractivity contribution is 6.29. The van der Waals surface area contributed by atoms with Crippen molar-refractivity contribution in [1.82, 2.24) is 15.2 Å². The molecule has 1 aromatic heterocycles. The molecule has 1 saturated heterocycles. The Labute approximate surface area is 159 Å². The maximum absolute atomic E-state index is 12.3. The van der Waals surface area contributed by atoms with Crippen LogP contribution in [0.4, 0.5) is 4.79 Å². The minimum atomic E-state index is -0.235. The van der Waals surface area contributed by atoms with Crippen LogP contribution in [0.5, 0.6) is 0 Å². The molecule has 1 N–H and O–H groups in total. The zero-order valence-corrected chi connectivity index (χ0v) is 15.7. The van der Waals surface area contributed by atoms with E-state index >= 15 is 0 Å². The van der Waals surface area contributed by atoms with Gasteiger partial charge >= 0.3 is 6.09 Å². The normalized spacial score (nSPS) is 20.0. The predicted octanol–water partition coefficient (Wildman–Crippen LogP) is 3.87. The third-order valence-corrected chi connectivity index (χ3v) is 4.95. The van der Waals surface area contributed by atoms with Crippen LogP contribution in [-0.4, -0.2) is 35.1 Å². The van der Waals surface area contributed by atoms with Gasteiger partial charge in [0.15, 0.2) is 0 Å². The molecule has 0 spiro atoms. The van der Waals surface area contributed by atoms with Crippen molar-refractivity contribution in [2.24, 2.45) is 5.92 Å². The smallest absolute Gasteiger partial charge is 0.410 e. The number of nitrogens with one attached hydrogen (secondary N) is 1. The van der Waals surface area contributed by atoms with Gasteiger partial charge in [0.2, 0.25) is 0 Å². The van der Waals surface area contributed by atoms with Gasteiger partial charge in [0.1, 0.15) is 11.8 Å². The quantitative estimate of drug-likeness (QED) is 0.808. The average molecular weight is 374 g/mol. The molecule has 1 aliphatic heterocycles. The maximum Gasteiger partial charge on any atom is 0.410 e. The summed E-state index contributed by atoms with van der Waals surface area (Å²) in [5, 5.41) is 4.07. The Morgan fingerprint density at radius 1 is 1.27 bits per heavy atom. The van der Waals surface area contributed by atoms with Crippen molar-refractivity contribution < 1.29 is 9.53 Å². The van der Waals surface area contributed by atoms with E-state index in [1.807, 2.05) is 36.4 Å². The number of benzene rings is 1. The number of amides is 1. The summed E-state index contributed by atoms with van der Waals surface area (Å²) in [4.78, 5) is 18.2. The van der Waals surface area contributed by atoms with Crippen LogP contribution >= 0.6 is 11.6 Å². The monoisotopic (exact) mass is 373 g/mol. The maximum atomic E-state index is 12.3. The average Bonchev–Trinajstić information content (AvgIpc) is 2.67. The van der Waals surface area contributed by atoms with E-state index in [9.17, 15) is 4.79 Å². The van der Waals surface area contributed by atoms with Crippen LogP contribution in [0.1, 0.15) is 24.5 Å². The number of piperidine rings is 1. The summed E-state index contributed by atoms with van der Waals surface area (Å²) in [5.74, 6) is 0.355. The molecule has 1 amide bonds. The molecule has 2 heterocycles. The number of carbonyl (C=O) groups is 1. The number of halogens is 1. The molecule has 2 unspecified atom stereocenters. The second-order valence-electron chi connectivity index (χ2n) is 6.73. The fraction of sp³-hybridized carbons (Fsp3) is 0.400. The van der Waals surface area contributed by atoms with Crippen molar-refractivity contribution in [1.29, 1.82) is 0 Å². The molecule has 1 aliphatic rings. The van der Waals surface area contributed by atoms with Crippen molar-refractivity contribution in [2.45, 2.75) is 32.5 Å². The first-order valence-corrected chi connectivity index (χ1v) is 9.29. The van der Waals surface area contributed by atoms with Gasteiger partial charge < -0.3 is 15.0 Å². The first-order valence-electron chi connectivity index (χ1n) is 8.91. The van der Waals surface area contributed by atoms with Gasteiger partial charge in [-0.05, 0) is 29.5 Å². The number of aromatic nitrogens is 1. The highest BCUT2D eigenvalue weighted by Crippen LogP contribution is 2.19. The van der Waals surface area contributed by atoms with Crippen molar-refractivity contribution in [2.75, 3.05) is 13.1 Å². The fourth-order valence-corrected chi connectivity index (χ4v) is 3.30. The lowest BCUT2D eigenvalue weighted by Crippen LogP contribution is -2.50. The van der Waals surface area contributed by atoms with Crippen LogP contribution < -0.4 is 5.32 Å². The third kappa shape index (κ3) is 5.19. The van der Waals surface area contributed by atoms with Crippen LogP contribution in [0.3, 0.4) is 0 Å². The number of likely N-dealkylation sites (tertiary alicyclic amines) is 1. The molecule has 0 radical (unpaired) electrons. The SMILES string of the molecule is CC1CN(C(=O)OCc2ccccc2)CCC1NCc1ccc(Cl)nc1. The molecular formula is C20H24ClN3O2. The van der Waals surface area contributed by atoms with Crippen LogP contribution in [0.2, 0.25) is 5.15 Å². The van der Waals surface area contributed by atoms with Gasteiger partial charge in [-0.1, -0.05) is 54.9 Å². The molecule has 0 saturated carbocycles. The Balaban J connectivity index is 1.43. The number of hydrogen-bond donors (Lipinski definition) is 1. The summed E-state index contributed by atoms with van der Waals surface area (Å²) in [6.07, 6.45) is 2.46. The number of nitrogens with zero attached hydrogens (tertiary/aromatic N) is 2. The summed E-state index contributed by atoms with van der Waals surface area (Å²) in [5.41, 5.74) is 2.10. The number of carbonyl (C=O) groups excluding carboxylic acids is 1. The first-order chi connectivity index (χ1) is 12.6. The minimum absolute atomic E-state index is 0.235. The highest BCUT2D eigenvalue weighted by Gasteiger charge is 2.29. The number of hydrogen-bond acceptors (Lipinski definition) is 4. The molecule has 3 rings (SSSR count). The van der Waals surface area contributed by atoms with E-state index < -0.39 is 0 Å². The minimum Gasteiger partial charge on any atom is -0.445 e. The Kier molecular flexibility index (Phi) is 6.47. The Morgan fingerprint density at radius 3 is 2.77 bits per heavy atom. The van der Waals surface area contributed by atoms with Crippen molar-refractivity contribution >= 4 is 17.7 Å². The van der Waals surface area contributed by atoms with Crippen LogP contribution in [0.25, 0.3) is 0 Å². The van der Waals surface area contributed by atoms with E-state index in [-0.39, 0.29) is 6.09 Å². The summed E-state index contributed by atoms with van der Waals surface area (Å²) < 4.78 is 5.44. The van der Waals surface area contributed by atoms with Crippen molar-refractivity contribution in [3.05, 3.63) is 64.9 Å².